The molecule has 2 saturated heterocycles. The van der Waals surface area contributed by atoms with E-state index < -0.39 is 0 Å². The topological polar surface area (TPSA) is 15.3 Å². The summed E-state index contributed by atoms with van der Waals surface area (Å²) in [5.74, 6) is 0. The third kappa shape index (κ3) is 3.66. The van der Waals surface area contributed by atoms with Gasteiger partial charge >= 0.3 is 0 Å². The van der Waals surface area contributed by atoms with Crippen molar-refractivity contribution < 1.29 is 0 Å². The van der Waals surface area contributed by atoms with E-state index in [1.54, 1.807) is 11.3 Å². The van der Waals surface area contributed by atoms with Gasteiger partial charge in [0.05, 0.1) is 0 Å². The lowest BCUT2D eigenvalue weighted by atomic mass is 9.78. The molecule has 0 bridgehead atoms. The van der Waals surface area contributed by atoms with Crippen LogP contribution in [-0.2, 0) is 6.54 Å². The molecule has 2 aliphatic rings. The van der Waals surface area contributed by atoms with Crippen LogP contribution in [0, 0.1) is 5.41 Å². The molecule has 0 atom stereocenters. The molecule has 3 heterocycles. The molecule has 0 aliphatic carbocycles. The SMILES string of the molecule is Cl.Clc1sc(CN2CCC3(CCNCC3)C2)cc1Br. The summed E-state index contributed by atoms with van der Waals surface area (Å²) in [4.78, 5) is 3.97. The van der Waals surface area contributed by atoms with Crippen LogP contribution in [0.15, 0.2) is 10.5 Å². The summed E-state index contributed by atoms with van der Waals surface area (Å²) in [6, 6.07) is 2.17. The normalized spacial score (nSPS) is 22.6. The van der Waals surface area contributed by atoms with Gasteiger partial charge in [-0.05, 0) is 66.3 Å². The van der Waals surface area contributed by atoms with E-state index >= 15 is 0 Å². The second-order valence-electron chi connectivity index (χ2n) is 5.55. The maximum Gasteiger partial charge on any atom is 0.107 e. The summed E-state index contributed by atoms with van der Waals surface area (Å²) < 4.78 is 1.92. The molecule has 0 saturated carbocycles. The maximum atomic E-state index is 6.10. The number of likely N-dealkylation sites (tertiary alicyclic amines) is 1. The Hall–Kier alpha value is 0.680. The van der Waals surface area contributed by atoms with Gasteiger partial charge in [-0.25, -0.2) is 0 Å². The van der Waals surface area contributed by atoms with Gasteiger partial charge in [0, 0.05) is 22.4 Å². The molecule has 2 nitrogen and oxygen atoms in total. The number of hydrogen-bond acceptors (Lipinski definition) is 3. The minimum Gasteiger partial charge on any atom is -0.317 e. The number of rotatable bonds is 2. The van der Waals surface area contributed by atoms with E-state index in [1.165, 1.54) is 50.3 Å². The van der Waals surface area contributed by atoms with Crippen LogP contribution in [0.1, 0.15) is 24.1 Å². The van der Waals surface area contributed by atoms with E-state index in [1.807, 2.05) is 0 Å². The van der Waals surface area contributed by atoms with Crippen molar-refractivity contribution in [2.24, 2.45) is 5.41 Å². The standard InChI is InChI=1S/C13H18BrClN2S.ClH/c14-11-7-10(18-12(11)15)8-17-6-3-13(9-17)1-4-16-5-2-13;/h7,16H,1-6,8-9H2;1H. The van der Waals surface area contributed by atoms with Crippen molar-refractivity contribution in [3.63, 3.8) is 0 Å². The van der Waals surface area contributed by atoms with Crippen molar-refractivity contribution in [1.82, 2.24) is 10.2 Å². The monoisotopic (exact) mass is 384 g/mol. The average Bonchev–Trinajstić information content (AvgIpc) is 2.86. The predicted octanol–water partition coefficient (Wildman–Crippen LogP) is 4.16. The molecule has 0 amide bonds. The van der Waals surface area contributed by atoms with Crippen molar-refractivity contribution in [1.29, 1.82) is 0 Å². The van der Waals surface area contributed by atoms with E-state index in [9.17, 15) is 0 Å². The fraction of sp³-hybridized carbons (Fsp3) is 0.692. The summed E-state index contributed by atoms with van der Waals surface area (Å²) in [6.45, 7) is 5.97. The van der Waals surface area contributed by atoms with Gasteiger partial charge in [-0.15, -0.1) is 23.7 Å². The Morgan fingerprint density at radius 1 is 1.37 bits per heavy atom. The predicted molar refractivity (Wildman–Crippen MR) is 88.7 cm³/mol. The molecule has 3 rings (SSSR count). The molecular weight excluding hydrogens is 367 g/mol. The van der Waals surface area contributed by atoms with Crippen molar-refractivity contribution in [3.8, 4) is 0 Å². The van der Waals surface area contributed by atoms with Gasteiger partial charge in [0.2, 0.25) is 0 Å². The number of halogens is 3. The Morgan fingerprint density at radius 2 is 2.11 bits per heavy atom. The summed E-state index contributed by atoms with van der Waals surface area (Å²) in [7, 11) is 0. The molecule has 108 valence electrons. The van der Waals surface area contributed by atoms with Gasteiger partial charge < -0.3 is 5.32 Å². The first-order valence-corrected chi connectivity index (χ1v) is 8.52. The van der Waals surface area contributed by atoms with Crippen LogP contribution in [0.25, 0.3) is 0 Å². The van der Waals surface area contributed by atoms with E-state index in [4.69, 9.17) is 11.6 Å². The quantitative estimate of drug-likeness (QED) is 0.821. The molecule has 0 aromatic carbocycles. The summed E-state index contributed by atoms with van der Waals surface area (Å²) >= 11 is 11.3. The highest BCUT2D eigenvalue weighted by Gasteiger charge is 2.38. The molecule has 2 fully saturated rings. The smallest absolute Gasteiger partial charge is 0.107 e. The van der Waals surface area contributed by atoms with Crippen molar-refractivity contribution in [2.45, 2.75) is 25.8 Å². The lowest BCUT2D eigenvalue weighted by Crippen LogP contribution is -2.38. The second kappa shape index (κ2) is 6.63. The molecule has 1 spiro atoms. The van der Waals surface area contributed by atoms with E-state index in [0.29, 0.717) is 5.41 Å². The van der Waals surface area contributed by atoms with Crippen LogP contribution >= 0.6 is 51.3 Å². The van der Waals surface area contributed by atoms with Gasteiger partial charge in [-0.3, -0.25) is 4.90 Å². The van der Waals surface area contributed by atoms with Crippen LogP contribution in [0.3, 0.4) is 0 Å². The van der Waals surface area contributed by atoms with Gasteiger partial charge in [0.1, 0.15) is 4.34 Å². The Morgan fingerprint density at radius 3 is 2.74 bits per heavy atom. The van der Waals surface area contributed by atoms with Crippen LogP contribution < -0.4 is 5.32 Å². The zero-order valence-electron chi connectivity index (χ0n) is 10.8. The van der Waals surface area contributed by atoms with Gasteiger partial charge in [-0.1, -0.05) is 11.6 Å². The van der Waals surface area contributed by atoms with Gasteiger partial charge in [-0.2, -0.15) is 0 Å². The van der Waals surface area contributed by atoms with Crippen molar-refractivity contribution in [3.05, 3.63) is 19.8 Å². The molecule has 19 heavy (non-hydrogen) atoms. The highest BCUT2D eigenvalue weighted by Crippen LogP contribution is 2.40. The molecule has 0 unspecified atom stereocenters. The first-order valence-electron chi connectivity index (χ1n) is 6.54. The fourth-order valence-corrected chi connectivity index (χ4v) is 5.05. The largest absolute Gasteiger partial charge is 0.317 e. The third-order valence-corrected chi connectivity index (χ3v) is 6.72. The summed E-state index contributed by atoms with van der Waals surface area (Å²) in [5.41, 5.74) is 0.601. The number of nitrogens with zero attached hydrogens (tertiary/aromatic N) is 1. The third-order valence-electron chi connectivity index (χ3n) is 4.26. The molecule has 1 N–H and O–H groups in total. The number of piperidine rings is 1. The number of nitrogens with one attached hydrogen (secondary N) is 1. The summed E-state index contributed by atoms with van der Waals surface area (Å²) in [5, 5.41) is 3.47. The Bertz CT molecular complexity index is 413. The average molecular weight is 386 g/mol. The highest BCUT2D eigenvalue weighted by atomic mass is 79.9. The van der Waals surface area contributed by atoms with Crippen LogP contribution in [0.2, 0.25) is 4.34 Å². The molecule has 2 aliphatic heterocycles. The Kier molecular flexibility index (Phi) is 5.60. The van der Waals surface area contributed by atoms with Gasteiger partial charge in [0.25, 0.3) is 0 Å². The van der Waals surface area contributed by atoms with E-state index in [0.717, 1.165) is 15.4 Å². The fourth-order valence-electron chi connectivity index (χ4n) is 3.22. The van der Waals surface area contributed by atoms with E-state index in [2.05, 4.69) is 32.2 Å². The minimum atomic E-state index is 0. The maximum absolute atomic E-state index is 6.10. The van der Waals surface area contributed by atoms with Crippen LogP contribution in [-0.4, -0.2) is 31.1 Å². The molecule has 0 radical (unpaired) electrons. The van der Waals surface area contributed by atoms with Crippen molar-refractivity contribution in [2.75, 3.05) is 26.2 Å². The lowest BCUT2D eigenvalue weighted by Gasteiger charge is -2.33. The Labute approximate surface area is 138 Å². The number of thiophene rings is 1. The molecule has 1 aromatic rings. The van der Waals surface area contributed by atoms with E-state index in [-0.39, 0.29) is 12.4 Å². The molecular formula is C13H19BrCl2N2S. The molecule has 6 heteroatoms. The zero-order chi connectivity index (χ0) is 12.6. The molecule has 1 aromatic heterocycles. The lowest BCUT2D eigenvalue weighted by molar-refractivity contribution is 0.194. The number of hydrogen-bond donors (Lipinski definition) is 1. The first kappa shape index (κ1) is 16.1. The van der Waals surface area contributed by atoms with Crippen LogP contribution in [0.5, 0.6) is 0 Å². The minimum absolute atomic E-state index is 0. The zero-order valence-corrected chi connectivity index (χ0v) is 14.7. The Balaban J connectivity index is 0.00000133. The van der Waals surface area contributed by atoms with Gasteiger partial charge in [0.15, 0.2) is 0 Å². The van der Waals surface area contributed by atoms with Crippen LogP contribution in [0.4, 0.5) is 0 Å². The first-order chi connectivity index (χ1) is 8.67. The van der Waals surface area contributed by atoms with Crippen molar-refractivity contribution >= 4 is 51.3 Å². The summed E-state index contributed by atoms with van der Waals surface area (Å²) in [6.07, 6.45) is 4.06. The highest BCUT2D eigenvalue weighted by molar-refractivity contribution is 9.10. The second-order valence-corrected chi connectivity index (χ2v) is 8.14.